The van der Waals surface area contributed by atoms with Gasteiger partial charge in [0.2, 0.25) is 5.91 Å². The van der Waals surface area contributed by atoms with E-state index in [0.717, 1.165) is 24.2 Å². The molecule has 0 spiro atoms. The summed E-state index contributed by atoms with van der Waals surface area (Å²) in [4.78, 5) is 26.1. The molecule has 0 saturated carbocycles. The van der Waals surface area contributed by atoms with E-state index in [4.69, 9.17) is 4.74 Å². The molecule has 0 bridgehead atoms. The zero-order chi connectivity index (χ0) is 17.4. The molecule has 1 atom stereocenters. The highest BCUT2D eigenvalue weighted by molar-refractivity contribution is 5.80. The van der Waals surface area contributed by atoms with E-state index >= 15 is 0 Å². The average molecular weight is 333 g/mol. The summed E-state index contributed by atoms with van der Waals surface area (Å²) in [5.74, 6) is 0.719. The standard InChI is InChI=1S/C18H27N3O3/c1-3-19-17(22)15-9-7-11-21(13-15)18(23)20-12-14-8-5-6-10-16(14)24-4-2/h5-6,8,10,15H,3-4,7,9,11-13H2,1-2H3,(H,19,22)(H,20,23)/t15-/m0/s1. The highest BCUT2D eigenvalue weighted by Crippen LogP contribution is 2.19. The van der Waals surface area contributed by atoms with E-state index in [9.17, 15) is 9.59 Å². The van der Waals surface area contributed by atoms with Crippen molar-refractivity contribution in [3.05, 3.63) is 29.8 Å². The second kappa shape index (κ2) is 9.15. The van der Waals surface area contributed by atoms with Crippen molar-refractivity contribution in [2.45, 2.75) is 33.2 Å². The topological polar surface area (TPSA) is 70.7 Å². The molecule has 2 N–H and O–H groups in total. The lowest BCUT2D eigenvalue weighted by Crippen LogP contribution is -2.48. The van der Waals surface area contributed by atoms with Crippen LogP contribution in [0.4, 0.5) is 4.79 Å². The molecule has 3 amide bonds. The fourth-order valence-electron chi connectivity index (χ4n) is 2.92. The summed E-state index contributed by atoms with van der Waals surface area (Å²) in [6.07, 6.45) is 1.69. The lowest BCUT2D eigenvalue weighted by atomic mass is 9.97. The maximum atomic E-state index is 12.4. The van der Waals surface area contributed by atoms with Crippen LogP contribution in [0.3, 0.4) is 0 Å². The predicted octanol–water partition coefficient (Wildman–Crippen LogP) is 2.14. The number of likely N-dealkylation sites (tertiary alicyclic amines) is 1. The fraction of sp³-hybridized carbons (Fsp3) is 0.556. The minimum absolute atomic E-state index is 0.0386. The molecule has 1 aliphatic rings. The van der Waals surface area contributed by atoms with Crippen molar-refractivity contribution in [2.75, 3.05) is 26.2 Å². The van der Waals surface area contributed by atoms with Crippen LogP contribution in [-0.4, -0.2) is 43.1 Å². The molecule has 0 aromatic heterocycles. The number of carbonyl (C=O) groups excluding carboxylic acids is 2. The predicted molar refractivity (Wildman–Crippen MR) is 92.8 cm³/mol. The van der Waals surface area contributed by atoms with E-state index in [1.807, 2.05) is 38.1 Å². The Morgan fingerprint density at radius 3 is 2.79 bits per heavy atom. The van der Waals surface area contributed by atoms with Crippen molar-refractivity contribution in [2.24, 2.45) is 5.92 Å². The molecule has 6 heteroatoms. The lowest BCUT2D eigenvalue weighted by molar-refractivity contribution is -0.126. The molecule has 0 unspecified atom stereocenters. The van der Waals surface area contributed by atoms with Gasteiger partial charge in [-0.25, -0.2) is 4.79 Å². The normalized spacial score (nSPS) is 17.2. The van der Waals surface area contributed by atoms with Gasteiger partial charge in [-0.05, 0) is 32.8 Å². The number of nitrogens with zero attached hydrogens (tertiary/aromatic N) is 1. The van der Waals surface area contributed by atoms with Crippen LogP contribution in [0.15, 0.2) is 24.3 Å². The molecule has 132 valence electrons. The van der Waals surface area contributed by atoms with Gasteiger partial charge in [-0.1, -0.05) is 18.2 Å². The van der Waals surface area contributed by atoms with Gasteiger partial charge in [0.15, 0.2) is 0 Å². The first-order valence-electron chi connectivity index (χ1n) is 8.66. The number of hydrogen-bond donors (Lipinski definition) is 2. The van der Waals surface area contributed by atoms with Crippen LogP contribution in [0, 0.1) is 5.92 Å². The van der Waals surface area contributed by atoms with E-state index in [0.29, 0.717) is 32.8 Å². The Bertz CT molecular complexity index is 562. The van der Waals surface area contributed by atoms with Crippen molar-refractivity contribution in [1.82, 2.24) is 15.5 Å². The second-order valence-electron chi connectivity index (χ2n) is 5.88. The van der Waals surface area contributed by atoms with Crippen LogP contribution >= 0.6 is 0 Å². The Morgan fingerprint density at radius 2 is 2.04 bits per heavy atom. The van der Waals surface area contributed by atoms with Crippen molar-refractivity contribution < 1.29 is 14.3 Å². The first-order valence-corrected chi connectivity index (χ1v) is 8.66. The fourth-order valence-corrected chi connectivity index (χ4v) is 2.92. The number of ether oxygens (including phenoxy) is 1. The summed E-state index contributed by atoms with van der Waals surface area (Å²) in [6.45, 7) is 6.63. The zero-order valence-electron chi connectivity index (χ0n) is 14.5. The van der Waals surface area contributed by atoms with Gasteiger partial charge < -0.3 is 20.3 Å². The third-order valence-electron chi connectivity index (χ3n) is 4.13. The van der Waals surface area contributed by atoms with Crippen LogP contribution in [-0.2, 0) is 11.3 Å². The quantitative estimate of drug-likeness (QED) is 0.838. The molecule has 1 fully saturated rings. The second-order valence-corrected chi connectivity index (χ2v) is 5.88. The maximum absolute atomic E-state index is 12.4. The van der Waals surface area contributed by atoms with Gasteiger partial charge in [0.1, 0.15) is 5.75 Å². The van der Waals surface area contributed by atoms with Crippen LogP contribution < -0.4 is 15.4 Å². The molecule has 24 heavy (non-hydrogen) atoms. The molecule has 2 rings (SSSR count). The number of piperidine rings is 1. The molecule has 1 saturated heterocycles. The number of carbonyl (C=O) groups is 2. The van der Waals surface area contributed by atoms with Gasteiger partial charge in [-0.2, -0.15) is 0 Å². The SMILES string of the molecule is CCNC(=O)[C@H]1CCCN(C(=O)NCc2ccccc2OCC)C1. The minimum atomic E-state index is -0.129. The van der Waals surface area contributed by atoms with E-state index in [2.05, 4.69) is 10.6 Å². The van der Waals surface area contributed by atoms with E-state index in [1.165, 1.54) is 0 Å². The van der Waals surface area contributed by atoms with Crippen LogP contribution in [0.25, 0.3) is 0 Å². The molecular weight excluding hydrogens is 306 g/mol. The molecule has 0 radical (unpaired) electrons. The molecule has 1 aromatic carbocycles. The van der Waals surface area contributed by atoms with Crippen molar-refractivity contribution >= 4 is 11.9 Å². The molecule has 1 heterocycles. The molecule has 6 nitrogen and oxygen atoms in total. The first-order chi connectivity index (χ1) is 11.7. The monoisotopic (exact) mass is 333 g/mol. The Labute approximate surface area is 143 Å². The third-order valence-corrected chi connectivity index (χ3v) is 4.13. The summed E-state index contributed by atoms with van der Waals surface area (Å²) >= 11 is 0. The van der Waals surface area contributed by atoms with Crippen molar-refractivity contribution in [1.29, 1.82) is 0 Å². The highest BCUT2D eigenvalue weighted by Gasteiger charge is 2.28. The Balaban J connectivity index is 1.89. The van der Waals surface area contributed by atoms with Gasteiger partial charge >= 0.3 is 6.03 Å². The Hall–Kier alpha value is -2.24. The summed E-state index contributed by atoms with van der Waals surface area (Å²) in [5.41, 5.74) is 0.949. The van der Waals surface area contributed by atoms with E-state index in [-0.39, 0.29) is 17.9 Å². The smallest absolute Gasteiger partial charge is 0.317 e. The Morgan fingerprint density at radius 1 is 1.25 bits per heavy atom. The van der Waals surface area contributed by atoms with Gasteiger partial charge in [0, 0.05) is 31.7 Å². The third kappa shape index (κ3) is 4.88. The van der Waals surface area contributed by atoms with Gasteiger partial charge in [-0.3, -0.25) is 4.79 Å². The summed E-state index contributed by atoms with van der Waals surface area (Å²) in [6, 6.07) is 7.56. The van der Waals surface area contributed by atoms with Crippen LogP contribution in [0.5, 0.6) is 5.75 Å². The maximum Gasteiger partial charge on any atom is 0.317 e. The number of urea groups is 1. The zero-order valence-corrected chi connectivity index (χ0v) is 14.5. The van der Waals surface area contributed by atoms with Gasteiger partial charge in [0.25, 0.3) is 0 Å². The van der Waals surface area contributed by atoms with Gasteiger partial charge in [0.05, 0.1) is 12.5 Å². The number of para-hydroxylation sites is 1. The Kier molecular flexibility index (Phi) is 6.90. The van der Waals surface area contributed by atoms with Gasteiger partial charge in [-0.15, -0.1) is 0 Å². The first kappa shape index (κ1) is 18.1. The summed E-state index contributed by atoms with van der Waals surface area (Å²) in [5, 5.41) is 5.77. The van der Waals surface area contributed by atoms with E-state index < -0.39 is 0 Å². The average Bonchev–Trinajstić information content (AvgIpc) is 2.61. The van der Waals surface area contributed by atoms with Crippen molar-refractivity contribution in [3.8, 4) is 5.75 Å². The molecular formula is C18H27N3O3. The van der Waals surface area contributed by atoms with Crippen molar-refractivity contribution in [3.63, 3.8) is 0 Å². The number of amides is 3. The minimum Gasteiger partial charge on any atom is -0.494 e. The molecule has 0 aliphatic carbocycles. The number of benzene rings is 1. The van der Waals surface area contributed by atoms with E-state index in [1.54, 1.807) is 4.90 Å². The molecule has 1 aliphatic heterocycles. The number of nitrogens with one attached hydrogen (secondary N) is 2. The largest absolute Gasteiger partial charge is 0.494 e. The highest BCUT2D eigenvalue weighted by atomic mass is 16.5. The number of hydrogen-bond acceptors (Lipinski definition) is 3. The lowest BCUT2D eigenvalue weighted by Gasteiger charge is -2.32. The summed E-state index contributed by atoms with van der Waals surface area (Å²) < 4.78 is 5.57. The molecule has 1 aromatic rings. The van der Waals surface area contributed by atoms with Crippen LogP contribution in [0.1, 0.15) is 32.3 Å². The van der Waals surface area contributed by atoms with Crippen LogP contribution in [0.2, 0.25) is 0 Å². The summed E-state index contributed by atoms with van der Waals surface area (Å²) in [7, 11) is 0. The number of rotatable bonds is 6.